The summed E-state index contributed by atoms with van der Waals surface area (Å²) in [6.45, 7) is 1.94. The highest BCUT2D eigenvalue weighted by molar-refractivity contribution is 5.57. The molecule has 0 aliphatic rings. The smallest absolute Gasteiger partial charge is 0.266 e. The van der Waals surface area contributed by atoms with E-state index in [4.69, 9.17) is 0 Å². The molecule has 104 valence electrons. The number of aryl methyl sites for hydroxylation is 1. The molecule has 0 fully saturated rings. The molecule has 0 aliphatic heterocycles. The van der Waals surface area contributed by atoms with Crippen LogP contribution < -0.4 is 11.2 Å². The Morgan fingerprint density at radius 3 is 2.29 bits per heavy atom. The Morgan fingerprint density at radius 1 is 0.952 bits per heavy atom. The number of H-pyrrole nitrogens is 1. The highest BCUT2D eigenvalue weighted by Crippen LogP contribution is 2.11. The normalized spacial score (nSPS) is 10.5. The van der Waals surface area contributed by atoms with Crippen LogP contribution in [-0.2, 0) is 0 Å². The molecular formula is C16H13N3O2. The second kappa shape index (κ2) is 5.20. The summed E-state index contributed by atoms with van der Waals surface area (Å²) in [7, 11) is 0. The van der Waals surface area contributed by atoms with Crippen molar-refractivity contribution in [2.45, 2.75) is 6.92 Å². The molecule has 0 radical (unpaired) electrons. The second-order valence-corrected chi connectivity index (χ2v) is 4.72. The zero-order valence-corrected chi connectivity index (χ0v) is 11.4. The highest BCUT2D eigenvalue weighted by atomic mass is 16.2. The van der Waals surface area contributed by atoms with Gasteiger partial charge in [-0.3, -0.25) is 4.79 Å². The number of rotatable bonds is 2. The van der Waals surface area contributed by atoms with Crippen molar-refractivity contribution in [3.63, 3.8) is 0 Å². The van der Waals surface area contributed by atoms with Gasteiger partial charge in [0, 0.05) is 5.56 Å². The van der Waals surface area contributed by atoms with E-state index < -0.39 is 11.2 Å². The molecule has 3 aromatic rings. The van der Waals surface area contributed by atoms with Crippen molar-refractivity contribution in [3.05, 3.63) is 81.0 Å². The Balaban J connectivity index is 2.25. The Labute approximate surface area is 120 Å². The molecule has 1 N–H and O–H groups in total. The van der Waals surface area contributed by atoms with Crippen molar-refractivity contribution in [2.75, 3.05) is 0 Å². The van der Waals surface area contributed by atoms with Crippen LogP contribution in [0.3, 0.4) is 0 Å². The fraction of sp³-hybridized carbons (Fsp3) is 0.0625. The minimum atomic E-state index is -0.552. The average Bonchev–Trinajstić information content (AvgIpc) is 2.50. The Kier molecular flexibility index (Phi) is 3.23. The molecule has 5 nitrogen and oxygen atoms in total. The minimum absolute atomic E-state index is 0.218. The monoisotopic (exact) mass is 279 g/mol. The van der Waals surface area contributed by atoms with E-state index in [-0.39, 0.29) is 5.69 Å². The van der Waals surface area contributed by atoms with Crippen LogP contribution >= 0.6 is 0 Å². The first-order valence-electron chi connectivity index (χ1n) is 6.51. The molecule has 0 bridgehead atoms. The van der Waals surface area contributed by atoms with Gasteiger partial charge in [0.15, 0.2) is 5.69 Å². The fourth-order valence-corrected chi connectivity index (χ4v) is 2.11. The van der Waals surface area contributed by atoms with Crippen LogP contribution in [0.25, 0.3) is 16.9 Å². The zero-order valence-electron chi connectivity index (χ0n) is 11.4. The molecule has 0 saturated heterocycles. The first kappa shape index (κ1) is 13.1. The first-order chi connectivity index (χ1) is 10.2. The number of aromatic amines is 1. The van der Waals surface area contributed by atoms with E-state index in [2.05, 4.69) is 10.2 Å². The summed E-state index contributed by atoms with van der Waals surface area (Å²) in [6, 6.07) is 16.2. The first-order valence-corrected chi connectivity index (χ1v) is 6.51. The van der Waals surface area contributed by atoms with Crippen LogP contribution in [0.15, 0.2) is 64.2 Å². The van der Waals surface area contributed by atoms with Gasteiger partial charge in [-0.25, -0.2) is 14.5 Å². The van der Waals surface area contributed by atoms with E-state index in [0.717, 1.165) is 10.1 Å². The lowest BCUT2D eigenvalue weighted by Gasteiger charge is -2.06. The summed E-state index contributed by atoms with van der Waals surface area (Å²) < 4.78 is 1.09. The zero-order chi connectivity index (χ0) is 14.8. The van der Waals surface area contributed by atoms with E-state index in [1.54, 1.807) is 24.3 Å². The summed E-state index contributed by atoms with van der Waals surface area (Å²) in [4.78, 5) is 24.5. The Morgan fingerprint density at radius 2 is 1.62 bits per heavy atom. The average molecular weight is 279 g/mol. The molecule has 0 spiro atoms. The van der Waals surface area contributed by atoms with Crippen molar-refractivity contribution in [2.24, 2.45) is 0 Å². The van der Waals surface area contributed by atoms with E-state index in [0.29, 0.717) is 11.3 Å². The van der Waals surface area contributed by atoms with Gasteiger partial charge >= 0.3 is 5.69 Å². The molecule has 0 saturated carbocycles. The van der Waals surface area contributed by atoms with Crippen molar-refractivity contribution >= 4 is 0 Å². The Hall–Kier alpha value is -2.95. The van der Waals surface area contributed by atoms with Crippen molar-refractivity contribution in [3.8, 4) is 16.9 Å². The number of benzene rings is 2. The number of nitrogens with one attached hydrogen (secondary N) is 1. The van der Waals surface area contributed by atoms with Crippen LogP contribution in [0.1, 0.15) is 5.56 Å². The molecule has 2 aromatic carbocycles. The SMILES string of the molecule is Cc1ccc(-n2c(=O)[nH]nc(-c3ccccc3)c2=O)cc1. The predicted molar refractivity (Wildman–Crippen MR) is 80.6 cm³/mol. The largest absolute Gasteiger partial charge is 0.349 e. The van der Waals surface area contributed by atoms with Gasteiger partial charge < -0.3 is 0 Å². The third kappa shape index (κ3) is 2.41. The van der Waals surface area contributed by atoms with Gasteiger partial charge in [-0.2, -0.15) is 5.10 Å². The lowest BCUT2D eigenvalue weighted by atomic mass is 10.1. The van der Waals surface area contributed by atoms with Gasteiger partial charge in [-0.05, 0) is 19.1 Å². The second-order valence-electron chi connectivity index (χ2n) is 4.72. The topological polar surface area (TPSA) is 67.8 Å². The van der Waals surface area contributed by atoms with E-state index in [1.165, 1.54) is 0 Å². The van der Waals surface area contributed by atoms with Crippen LogP contribution in [0.2, 0.25) is 0 Å². The lowest BCUT2D eigenvalue weighted by Crippen LogP contribution is -2.35. The minimum Gasteiger partial charge on any atom is -0.266 e. The predicted octanol–water partition coefficient (Wildman–Crippen LogP) is 1.90. The number of hydrogen-bond acceptors (Lipinski definition) is 3. The van der Waals surface area contributed by atoms with Crippen molar-refractivity contribution < 1.29 is 0 Å². The van der Waals surface area contributed by atoms with E-state index in [9.17, 15) is 9.59 Å². The fourth-order valence-electron chi connectivity index (χ4n) is 2.11. The molecule has 3 rings (SSSR count). The molecule has 1 heterocycles. The third-order valence-corrected chi connectivity index (χ3v) is 3.21. The molecule has 21 heavy (non-hydrogen) atoms. The summed E-state index contributed by atoms with van der Waals surface area (Å²) in [5.74, 6) is 0. The van der Waals surface area contributed by atoms with Crippen molar-refractivity contribution in [1.29, 1.82) is 0 Å². The number of nitrogens with zero attached hydrogens (tertiary/aromatic N) is 2. The molecule has 5 heteroatoms. The molecule has 1 aromatic heterocycles. The van der Waals surface area contributed by atoms with Gasteiger partial charge in [0.2, 0.25) is 0 Å². The van der Waals surface area contributed by atoms with Crippen LogP contribution in [0.4, 0.5) is 0 Å². The molecule has 0 unspecified atom stereocenters. The molecular weight excluding hydrogens is 266 g/mol. The van der Waals surface area contributed by atoms with Gasteiger partial charge in [0.1, 0.15) is 0 Å². The molecule has 0 aliphatic carbocycles. The summed E-state index contributed by atoms with van der Waals surface area (Å²) in [5.41, 5.74) is 1.47. The quantitative estimate of drug-likeness (QED) is 0.779. The maximum absolute atomic E-state index is 12.6. The Bertz CT molecular complexity index is 878. The molecule has 0 amide bonds. The van der Waals surface area contributed by atoms with Gasteiger partial charge in [-0.15, -0.1) is 0 Å². The highest BCUT2D eigenvalue weighted by Gasteiger charge is 2.12. The van der Waals surface area contributed by atoms with E-state index >= 15 is 0 Å². The van der Waals surface area contributed by atoms with Crippen LogP contribution in [0, 0.1) is 6.92 Å². The van der Waals surface area contributed by atoms with Gasteiger partial charge in [0.25, 0.3) is 5.56 Å². The maximum atomic E-state index is 12.6. The third-order valence-electron chi connectivity index (χ3n) is 3.21. The van der Waals surface area contributed by atoms with Gasteiger partial charge in [0.05, 0.1) is 5.69 Å². The number of aromatic nitrogens is 3. The summed E-state index contributed by atoms with van der Waals surface area (Å²) >= 11 is 0. The number of hydrogen-bond donors (Lipinski definition) is 1. The summed E-state index contributed by atoms with van der Waals surface area (Å²) in [5, 5.41) is 6.26. The van der Waals surface area contributed by atoms with Crippen LogP contribution in [0.5, 0.6) is 0 Å². The van der Waals surface area contributed by atoms with Gasteiger partial charge in [-0.1, -0.05) is 48.0 Å². The lowest BCUT2D eigenvalue weighted by molar-refractivity contribution is 0.804. The maximum Gasteiger partial charge on any atom is 0.349 e. The standard InChI is InChI=1S/C16H13N3O2/c1-11-7-9-13(10-8-11)19-15(20)14(17-18-16(19)21)12-5-3-2-4-6-12/h2-10H,1H3,(H,18,21). The van der Waals surface area contributed by atoms with Crippen molar-refractivity contribution in [1.82, 2.24) is 14.8 Å². The van der Waals surface area contributed by atoms with Crippen LogP contribution in [-0.4, -0.2) is 14.8 Å². The van der Waals surface area contributed by atoms with E-state index in [1.807, 2.05) is 37.3 Å². The summed E-state index contributed by atoms with van der Waals surface area (Å²) in [6.07, 6.45) is 0. The molecule has 0 atom stereocenters.